The van der Waals surface area contributed by atoms with E-state index in [1.54, 1.807) is 14.2 Å². The molecule has 3 aromatic rings. The van der Waals surface area contributed by atoms with Gasteiger partial charge in [0, 0.05) is 47.9 Å². The predicted octanol–water partition coefficient (Wildman–Crippen LogP) is 5.36. The quantitative estimate of drug-likeness (QED) is 0.445. The molecule has 1 aliphatic rings. The van der Waals surface area contributed by atoms with E-state index in [0.717, 1.165) is 46.2 Å². The second-order valence-electron chi connectivity index (χ2n) is 8.77. The number of halogens is 1. The number of methoxy groups -OCH3 is 2. The van der Waals surface area contributed by atoms with Gasteiger partial charge < -0.3 is 19.7 Å². The maximum absolute atomic E-state index is 11.9. The van der Waals surface area contributed by atoms with Crippen molar-refractivity contribution in [2.75, 3.05) is 32.6 Å². The van der Waals surface area contributed by atoms with Gasteiger partial charge in [0.2, 0.25) is 11.9 Å². The summed E-state index contributed by atoms with van der Waals surface area (Å²) in [6, 6.07) is 8.05. The Labute approximate surface area is 211 Å². The Hall–Kier alpha value is -3.32. The third-order valence-electron chi connectivity index (χ3n) is 6.67. The van der Waals surface area contributed by atoms with Crippen molar-refractivity contribution in [2.45, 2.75) is 32.7 Å². The van der Waals surface area contributed by atoms with E-state index >= 15 is 0 Å². The second kappa shape index (κ2) is 10.5. The number of carbonyl (C=O) groups excluding carboxylic acids is 1. The van der Waals surface area contributed by atoms with Crippen molar-refractivity contribution >= 4 is 34.4 Å². The molecule has 1 saturated heterocycles. The zero-order valence-corrected chi connectivity index (χ0v) is 21.4. The highest BCUT2D eigenvalue weighted by molar-refractivity contribution is 6.35. The highest BCUT2D eigenvalue weighted by atomic mass is 35.5. The average Bonchev–Trinajstić information content (AvgIpc) is 2.88. The van der Waals surface area contributed by atoms with Gasteiger partial charge in [-0.1, -0.05) is 38.1 Å². The Balaban J connectivity index is 1.61. The first kappa shape index (κ1) is 24.8. The van der Waals surface area contributed by atoms with Gasteiger partial charge in [-0.25, -0.2) is 9.97 Å². The molecule has 184 valence electrons. The molecule has 0 spiro atoms. The zero-order valence-electron chi connectivity index (χ0n) is 20.6. The molecule has 4 rings (SSSR count). The number of hydrogen-bond donors (Lipinski definition) is 1. The molecule has 0 radical (unpaired) electrons. The van der Waals surface area contributed by atoms with Gasteiger partial charge in [-0.15, -0.1) is 0 Å². The molecule has 0 aliphatic carbocycles. The van der Waals surface area contributed by atoms with E-state index in [-0.39, 0.29) is 17.9 Å². The monoisotopic (exact) mass is 494 g/mol. The van der Waals surface area contributed by atoms with Crippen LogP contribution in [-0.4, -0.2) is 54.1 Å². The van der Waals surface area contributed by atoms with Crippen LogP contribution in [-0.2, 0) is 11.2 Å². The number of ether oxygens (including phenoxy) is 2. The summed E-state index contributed by atoms with van der Waals surface area (Å²) in [6.07, 6.45) is 4.79. The lowest BCUT2D eigenvalue weighted by molar-refractivity contribution is -0.127. The third kappa shape index (κ3) is 4.91. The number of nitrogens with zero attached hydrogens (tertiary/aromatic N) is 3. The van der Waals surface area contributed by atoms with E-state index < -0.39 is 0 Å². The lowest BCUT2D eigenvalue weighted by Gasteiger charge is -2.36. The van der Waals surface area contributed by atoms with Crippen molar-refractivity contribution in [3.8, 4) is 22.6 Å². The molecular formula is C27H31ClN4O3. The van der Waals surface area contributed by atoms with Crippen LogP contribution in [0.4, 0.5) is 5.95 Å². The van der Waals surface area contributed by atoms with E-state index in [1.807, 2.05) is 35.4 Å². The fourth-order valence-electron chi connectivity index (χ4n) is 4.74. The minimum absolute atomic E-state index is 0.0203. The number of rotatable bonds is 7. The first-order valence-corrected chi connectivity index (χ1v) is 12.2. The van der Waals surface area contributed by atoms with E-state index in [9.17, 15) is 4.79 Å². The van der Waals surface area contributed by atoms with Crippen LogP contribution in [0.3, 0.4) is 0 Å². The molecule has 2 unspecified atom stereocenters. The summed E-state index contributed by atoms with van der Waals surface area (Å²) < 4.78 is 11.1. The van der Waals surface area contributed by atoms with Crippen molar-refractivity contribution in [3.63, 3.8) is 0 Å². The molecule has 2 heterocycles. The maximum Gasteiger partial charge on any atom is 0.245 e. The molecular weight excluding hydrogens is 464 g/mol. The molecule has 2 aromatic carbocycles. The van der Waals surface area contributed by atoms with Crippen molar-refractivity contribution in [1.82, 2.24) is 14.9 Å². The van der Waals surface area contributed by atoms with Gasteiger partial charge in [-0.3, -0.25) is 4.79 Å². The number of carbonyl (C=O) groups is 1. The van der Waals surface area contributed by atoms with Gasteiger partial charge in [-0.05, 0) is 42.5 Å². The van der Waals surface area contributed by atoms with Crippen molar-refractivity contribution in [2.24, 2.45) is 5.92 Å². The number of likely N-dealkylation sites (tertiary alicyclic amines) is 1. The Morgan fingerprint density at radius 3 is 2.71 bits per heavy atom. The Kier molecular flexibility index (Phi) is 7.45. The van der Waals surface area contributed by atoms with Crippen LogP contribution in [0.1, 0.15) is 25.8 Å². The molecule has 1 N–H and O–H groups in total. The number of piperidine rings is 1. The molecule has 2 atom stereocenters. The van der Waals surface area contributed by atoms with Gasteiger partial charge >= 0.3 is 0 Å². The normalized spacial score (nSPS) is 17.8. The van der Waals surface area contributed by atoms with E-state index in [0.29, 0.717) is 29.8 Å². The van der Waals surface area contributed by atoms with Crippen LogP contribution in [0.25, 0.3) is 22.0 Å². The number of aromatic nitrogens is 2. The van der Waals surface area contributed by atoms with Crippen LogP contribution < -0.4 is 14.8 Å². The summed E-state index contributed by atoms with van der Waals surface area (Å²) in [5, 5.41) is 4.93. The van der Waals surface area contributed by atoms with Gasteiger partial charge in [0.1, 0.15) is 11.5 Å². The topological polar surface area (TPSA) is 76.6 Å². The van der Waals surface area contributed by atoms with Gasteiger partial charge in [-0.2, -0.15) is 0 Å². The smallest absolute Gasteiger partial charge is 0.245 e. The van der Waals surface area contributed by atoms with Gasteiger partial charge in [0.25, 0.3) is 0 Å². The minimum atomic E-state index is -0.0203. The van der Waals surface area contributed by atoms with E-state index in [1.165, 1.54) is 6.08 Å². The fraction of sp³-hybridized carbons (Fsp3) is 0.370. The summed E-state index contributed by atoms with van der Waals surface area (Å²) in [5.74, 6) is 2.15. The molecule has 35 heavy (non-hydrogen) atoms. The Morgan fingerprint density at radius 2 is 2.06 bits per heavy atom. The average molecular weight is 495 g/mol. The van der Waals surface area contributed by atoms with Crippen molar-refractivity contribution in [1.29, 1.82) is 0 Å². The standard InChI is InChI=1S/C27H31ClN4O3/c1-6-19-22(34-4)13-23(35-5)26(28)25(19)17-8-9-21-18(12-17)14-29-27(31-21)30-20-10-11-32(15-16(20)3)24(33)7-2/h7-9,12-14,16,20H,2,6,10-11,15H2,1,3-5H3,(H,29,30,31). The predicted molar refractivity (Wildman–Crippen MR) is 140 cm³/mol. The number of benzene rings is 2. The van der Waals surface area contributed by atoms with E-state index in [2.05, 4.69) is 30.7 Å². The first-order valence-electron chi connectivity index (χ1n) is 11.8. The van der Waals surface area contributed by atoms with Crippen LogP contribution in [0.5, 0.6) is 11.5 Å². The molecule has 0 bridgehead atoms. The number of amides is 1. The summed E-state index contributed by atoms with van der Waals surface area (Å²) in [5.41, 5.74) is 3.70. The highest BCUT2D eigenvalue weighted by Gasteiger charge is 2.28. The highest BCUT2D eigenvalue weighted by Crippen LogP contribution is 2.44. The second-order valence-corrected chi connectivity index (χ2v) is 9.15. The van der Waals surface area contributed by atoms with Crippen LogP contribution in [0.2, 0.25) is 5.02 Å². The maximum atomic E-state index is 11.9. The molecule has 8 heteroatoms. The third-order valence-corrected chi connectivity index (χ3v) is 7.04. The summed E-state index contributed by atoms with van der Waals surface area (Å²) in [6.45, 7) is 9.16. The number of hydrogen-bond acceptors (Lipinski definition) is 6. The first-order chi connectivity index (χ1) is 16.9. The molecule has 7 nitrogen and oxygen atoms in total. The largest absolute Gasteiger partial charge is 0.496 e. The lowest BCUT2D eigenvalue weighted by Crippen LogP contribution is -2.47. The summed E-state index contributed by atoms with van der Waals surface area (Å²) >= 11 is 6.74. The van der Waals surface area contributed by atoms with Gasteiger partial charge in [0.05, 0.1) is 24.8 Å². The number of fused-ring (bicyclic) bond motifs is 1. The lowest BCUT2D eigenvalue weighted by atomic mass is 9.94. The van der Waals surface area contributed by atoms with Gasteiger partial charge in [0.15, 0.2) is 0 Å². The zero-order chi connectivity index (χ0) is 25.1. The van der Waals surface area contributed by atoms with Crippen LogP contribution >= 0.6 is 11.6 Å². The Morgan fingerprint density at radius 1 is 1.29 bits per heavy atom. The van der Waals surface area contributed by atoms with Crippen molar-refractivity contribution in [3.05, 3.63) is 53.7 Å². The number of nitrogens with one attached hydrogen (secondary N) is 1. The summed E-state index contributed by atoms with van der Waals surface area (Å²) in [4.78, 5) is 23.1. The molecule has 0 saturated carbocycles. The SMILES string of the molecule is C=CC(=O)N1CCC(Nc2ncc3cc(-c4c(Cl)c(OC)cc(OC)c4CC)ccc3n2)C(C)C1. The van der Waals surface area contributed by atoms with Crippen LogP contribution in [0, 0.1) is 5.92 Å². The van der Waals surface area contributed by atoms with Crippen molar-refractivity contribution < 1.29 is 14.3 Å². The fourth-order valence-corrected chi connectivity index (χ4v) is 5.10. The van der Waals surface area contributed by atoms with Crippen LogP contribution in [0.15, 0.2) is 43.1 Å². The summed E-state index contributed by atoms with van der Waals surface area (Å²) in [7, 11) is 3.25. The number of anilines is 1. The molecule has 1 amide bonds. The molecule has 1 aliphatic heterocycles. The molecule has 1 aromatic heterocycles. The minimum Gasteiger partial charge on any atom is -0.496 e. The Bertz CT molecular complexity index is 1260. The molecule has 1 fully saturated rings. The van der Waals surface area contributed by atoms with E-state index in [4.69, 9.17) is 26.1 Å².